The highest BCUT2D eigenvalue weighted by molar-refractivity contribution is 7.80. The number of para-hydroxylation sites is 1. The van der Waals surface area contributed by atoms with Gasteiger partial charge in [-0.15, -0.1) is 0 Å². The zero-order valence-electron chi connectivity index (χ0n) is 8.36. The van der Waals surface area contributed by atoms with Crippen molar-refractivity contribution in [1.29, 1.82) is 0 Å². The monoisotopic (exact) mass is 210 g/mol. The zero-order chi connectivity index (χ0) is 10.4. The Morgan fingerprint density at radius 3 is 2.64 bits per heavy atom. The molecule has 0 amide bonds. The third kappa shape index (κ3) is 2.45. The molecule has 3 heteroatoms. The van der Waals surface area contributed by atoms with E-state index in [-0.39, 0.29) is 0 Å². The van der Waals surface area contributed by atoms with Gasteiger partial charge in [0.1, 0.15) is 0 Å². The number of rotatable bonds is 4. The van der Waals surface area contributed by atoms with Gasteiger partial charge in [-0.3, -0.25) is 0 Å². The van der Waals surface area contributed by atoms with Gasteiger partial charge in [0, 0.05) is 11.3 Å². The van der Waals surface area contributed by atoms with Crippen LogP contribution in [0.1, 0.15) is 5.56 Å². The van der Waals surface area contributed by atoms with Crippen LogP contribution in [0.3, 0.4) is 0 Å². The smallest absolute Gasteiger partial charge is 0.167 e. The van der Waals surface area contributed by atoms with E-state index >= 15 is 0 Å². The molecule has 14 heavy (non-hydrogen) atoms. The van der Waals surface area contributed by atoms with Crippen molar-refractivity contribution in [2.45, 2.75) is 0 Å². The second-order valence-corrected chi connectivity index (χ2v) is 3.03. The molecule has 0 aromatic heterocycles. The molecule has 0 fully saturated rings. The van der Waals surface area contributed by atoms with E-state index in [9.17, 15) is 0 Å². The third-order valence-corrected chi connectivity index (χ3v) is 2.05. The van der Waals surface area contributed by atoms with Crippen LogP contribution in [-0.4, -0.2) is 20.0 Å². The molecule has 0 spiro atoms. The molecule has 1 rings (SSSR count). The highest BCUT2D eigenvalue weighted by Crippen LogP contribution is 2.31. The largest absolute Gasteiger partial charge is 0.493 e. The minimum atomic E-state index is 0.709. The van der Waals surface area contributed by atoms with Gasteiger partial charge < -0.3 is 9.47 Å². The van der Waals surface area contributed by atoms with Crippen LogP contribution in [0.15, 0.2) is 24.3 Å². The molecule has 0 bridgehead atoms. The van der Waals surface area contributed by atoms with Crippen LogP contribution >= 0.6 is 12.6 Å². The first-order valence-corrected chi connectivity index (χ1v) is 4.95. The summed E-state index contributed by atoms with van der Waals surface area (Å²) in [7, 11) is 3.26. The van der Waals surface area contributed by atoms with Crippen LogP contribution < -0.4 is 9.47 Å². The fourth-order valence-corrected chi connectivity index (χ4v) is 1.33. The summed E-state index contributed by atoms with van der Waals surface area (Å²) >= 11 is 4.10. The Labute approximate surface area is 89.9 Å². The predicted octanol–water partition coefficient (Wildman–Crippen LogP) is 2.65. The van der Waals surface area contributed by atoms with E-state index < -0.39 is 0 Å². The summed E-state index contributed by atoms with van der Waals surface area (Å²) in [6.07, 6.45) is 3.93. The summed E-state index contributed by atoms with van der Waals surface area (Å²) in [6, 6.07) is 5.78. The van der Waals surface area contributed by atoms with Crippen molar-refractivity contribution in [2.75, 3.05) is 20.0 Å². The number of benzene rings is 1. The highest BCUT2D eigenvalue weighted by Gasteiger charge is 2.05. The number of hydrogen-bond donors (Lipinski definition) is 1. The maximum atomic E-state index is 5.26. The fourth-order valence-electron chi connectivity index (χ4n) is 1.22. The first-order chi connectivity index (χ1) is 6.83. The van der Waals surface area contributed by atoms with Crippen LogP contribution in [0.25, 0.3) is 6.08 Å². The van der Waals surface area contributed by atoms with Crippen LogP contribution in [0, 0.1) is 0 Å². The molecular weight excluding hydrogens is 196 g/mol. The summed E-state index contributed by atoms with van der Waals surface area (Å²) in [5, 5.41) is 0. The van der Waals surface area contributed by atoms with Crippen molar-refractivity contribution < 1.29 is 9.47 Å². The molecule has 0 aliphatic carbocycles. The molecule has 0 N–H and O–H groups in total. The van der Waals surface area contributed by atoms with Crippen molar-refractivity contribution in [1.82, 2.24) is 0 Å². The lowest BCUT2D eigenvalue weighted by Crippen LogP contribution is -1.92. The van der Waals surface area contributed by atoms with Gasteiger partial charge in [0.25, 0.3) is 0 Å². The van der Waals surface area contributed by atoms with Gasteiger partial charge in [0.05, 0.1) is 14.2 Å². The molecule has 0 aliphatic rings. The topological polar surface area (TPSA) is 18.5 Å². The number of ether oxygens (including phenoxy) is 2. The molecule has 1 aromatic rings. The number of thiol groups is 1. The summed E-state index contributed by atoms with van der Waals surface area (Å²) in [6.45, 7) is 0. The van der Waals surface area contributed by atoms with E-state index in [0.29, 0.717) is 5.75 Å². The SMILES string of the molecule is COc1cccc(C=CCS)c1OC. The maximum Gasteiger partial charge on any atom is 0.167 e. The van der Waals surface area contributed by atoms with Gasteiger partial charge in [-0.25, -0.2) is 0 Å². The summed E-state index contributed by atoms with van der Waals surface area (Å²) in [5.74, 6) is 2.21. The minimum absolute atomic E-state index is 0.709. The lowest BCUT2D eigenvalue weighted by atomic mass is 10.1. The second-order valence-electron chi connectivity index (χ2n) is 2.67. The van der Waals surface area contributed by atoms with E-state index in [1.54, 1.807) is 14.2 Å². The zero-order valence-corrected chi connectivity index (χ0v) is 9.25. The van der Waals surface area contributed by atoms with E-state index in [4.69, 9.17) is 9.47 Å². The van der Waals surface area contributed by atoms with E-state index in [0.717, 1.165) is 17.1 Å². The van der Waals surface area contributed by atoms with Crippen LogP contribution in [0.2, 0.25) is 0 Å². The molecule has 76 valence electrons. The average Bonchev–Trinajstić information content (AvgIpc) is 2.25. The van der Waals surface area contributed by atoms with Gasteiger partial charge in [-0.05, 0) is 6.07 Å². The Balaban J connectivity index is 3.08. The van der Waals surface area contributed by atoms with E-state index in [1.807, 2.05) is 30.4 Å². The summed E-state index contributed by atoms with van der Waals surface area (Å²) < 4.78 is 10.4. The van der Waals surface area contributed by atoms with Crippen molar-refractivity contribution in [2.24, 2.45) is 0 Å². The second kappa shape index (κ2) is 5.60. The number of hydrogen-bond acceptors (Lipinski definition) is 3. The first kappa shape index (κ1) is 11.0. The van der Waals surface area contributed by atoms with Crippen LogP contribution in [-0.2, 0) is 0 Å². The van der Waals surface area contributed by atoms with Crippen molar-refractivity contribution >= 4 is 18.7 Å². The van der Waals surface area contributed by atoms with Gasteiger partial charge in [0.15, 0.2) is 11.5 Å². The molecular formula is C11H14O2S. The molecule has 0 aliphatic heterocycles. The third-order valence-electron chi connectivity index (χ3n) is 1.84. The quantitative estimate of drug-likeness (QED) is 0.770. The van der Waals surface area contributed by atoms with Crippen LogP contribution in [0.4, 0.5) is 0 Å². The Hall–Kier alpha value is -1.09. The molecule has 0 atom stereocenters. The van der Waals surface area contributed by atoms with Crippen LogP contribution in [0.5, 0.6) is 11.5 Å². The van der Waals surface area contributed by atoms with Gasteiger partial charge in [-0.2, -0.15) is 12.6 Å². The Kier molecular flexibility index (Phi) is 4.40. The van der Waals surface area contributed by atoms with Crippen molar-refractivity contribution in [3.8, 4) is 11.5 Å². The maximum absolute atomic E-state index is 5.26. The lowest BCUT2D eigenvalue weighted by Gasteiger charge is -2.09. The summed E-state index contributed by atoms with van der Waals surface area (Å²) in [4.78, 5) is 0. The summed E-state index contributed by atoms with van der Waals surface area (Å²) in [5.41, 5.74) is 1.00. The molecule has 0 heterocycles. The van der Waals surface area contributed by atoms with E-state index in [1.165, 1.54) is 0 Å². The molecule has 0 unspecified atom stereocenters. The molecule has 0 saturated heterocycles. The van der Waals surface area contributed by atoms with Gasteiger partial charge >= 0.3 is 0 Å². The average molecular weight is 210 g/mol. The molecule has 2 nitrogen and oxygen atoms in total. The molecule has 0 saturated carbocycles. The van der Waals surface area contributed by atoms with Crippen molar-refractivity contribution in [3.05, 3.63) is 29.8 Å². The minimum Gasteiger partial charge on any atom is -0.493 e. The first-order valence-electron chi connectivity index (χ1n) is 4.32. The predicted molar refractivity (Wildman–Crippen MR) is 62.4 cm³/mol. The van der Waals surface area contributed by atoms with Crippen molar-refractivity contribution in [3.63, 3.8) is 0 Å². The van der Waals surface area contributed by atoms with Gasteiger partial charge in [-0.1, -0.05) is 24.3 Å². The van der Waals surface area contributed by atoms with E-state index in [2.05, 4.69) is 12.6 Å². The van der Waals surface area contributed by atoms with Gasteiger partial charge in [0.2, 0.25) is 0 Å². The Bertz CT molecular complexity index is 321. The molecule has 1 aromatic carbocycles. The Morgan fingerprint density at radius 2 is 2.07 bits per heavy atom. The number of methoxy groups -OCH3 is 2. The standard InChI is InChI=1S/C11H14O2S/c1-12-10-7-3-5-9(6-4-8-14)11(10)13-2/h3-7,14H,8H2,1-2H3. The highest BCUT2D eigenvalue weighted by atomic mass is 32.1. The Morgan fingerprint density at radius 1 is 1.29 bits per heavy atom. The fraction of sp³-hybridized carbons (Fsp3) is 0.273. The normalized spacial score (nSPS) is 10.5. The lowest BCUT2D eigenvalue weighted by molar-refractivity contribution is 0.354. The molecule has 0 radical (unpaired) electrons.